The number of methoxy groups -OCH3 is 1. The number of amides is 1. The van der Waals surface area contributed by atoms with Crippen molar-refractivity contribution in [2.24, 2.45) is 5.92 Å². The lowest BCUT2D eigenvalue weighted by molar-refractivity contribution is 0.0931. The van der Waals surface area contributed by atoms with Gasteiger partial charge in [0.25, 0.3) is 5.91 Å². The van der Waals surface area contributed by atoms with E-state index >= 15 is 0 Å². The van der Waals surface area contributed by atoms with E-state index in [1.54, 1.807) is 19.2 Å². The van der Waals surface area contributed by atoms with Crippen LogP contribution in [0.5, 0.6) is 5.75 Å². The Hall–Kier alpha value is -2.38. The summed E-state index contributed by atoms with van der Waals surface area (Å²) in [5.41, 5.74) is 2.13. The second-order valence-corrected chi connectivity index (χ2v) is 10.8. The van der Waals surface area contributed by atoms with Gasteiger partial charge in [-0.3, -0.25) is 4.79 Å². The maximum atomic E-state index is 13.3. The molecular weight excluding hydrogens is 424 g/mol. The Morgan fingerprint density at radius 3 is 2.31 bits per heavy atom. The molecule has 0 bridgehead atoms. The van der Waals surface area contributed by atoms with Crippen LogP contribution in [0.25, 0.3) is 0 Å². The van der Waals surface area contributed by atoms with E-state index in [0.717, 1.165) is 42.6 Å². The molecule has 32 heavy (non-hydrogen) atoms. The van der Waals surface area contributed by atoms with Crippen LogP contribution in [0, 0.1) is 12.8 Å². The molecule has 1 aliphatic rings. The molecule has 1 aliphatic heterocycles. The number of ether oxygens (including phenoxy) is 1. The van der Waals surface area contributed by atoms with Crippen molar-refractivity contribution in [2.75, 3.05) is 20.2 Å². The Morgan fingerprint density at radius 1 is 1.06 bits per heavy atom. The van der Waals surface area contributed by atoms with Crippen LogP contribution in [-0.4, -0.2) is 38.8 Å². The average Bonchev–Trinajstić information content (AvgIpc) is 2.79. The maximum Gasteiger partial charge on any atom is 0.252 e. The highest BCUT2D eigenvalue weighted by molar-refractivity contribution is 7.89. The summed E-state index contributed by atoms with van der Waals surface area (Å²) in [6.07, 6.45) is 3.56. The highest BCUT2D eigenvalue weighted by Gasteiger charge is 2.27. The number of nitrogens with one attached hydrogen (secondary N) is 1. The molecule has 1 saturated heterocycles. The van der Waals surface area contributed by atoms with Crippen molar-refractivity contribution >= 4 is 15.9 Å². The fourth-order valence-corrected chi connectivity index (χ4v) is 5.63. The molecule has 0 radical (unpaired) electrons. The third-order valence-electron chi connectivity index (χ3n) is 5.94. The molecule has 3 rings (SSSR count). The van der Waals surface area contributed by atoms with Crippen LogP contribution in [0.4, 0.5) is 0 Å². The van der Waals surface area contributed by atoms with Crippen LogP contribution in [0.3, 0.4) is 0 Å². The molecule has 1 fully saturated rings. The number of carbonyl (C=O) groups is 1. The van der Waals surface area contributed by atoms with E-state index in [2.05, 4.69) is 19.2 Å². The summed E-state index contributed by atoms with van der Waals surface area (Å²) >= 11 is 0. The predicted molar refractivity (Wildman–Crippen MR) is 126 cm³/mol. The Morgan fingerprint density at radius 2 is 1.72 bits per heavy atom. The molecular formula is C25H34N2O4S. The lowest BCUT2D eigenvalue weighted by Gasteiger charge is -2.26. The molecule has 1 N–H and O–H groups in total. The van der Waals surface area contributed by atoms with Gasteiger partial charge in [-0.1, -0.05) is 38.5 Å². The molecule has 0 spiro atoms. The molecule has 2 aromatic carbocycles. The van der Waals surface area contributed by atoms with Crippen molar-refractivity contribution in [3.05, 3.63) is 59.2 Å². The first-order valence-corrected chi connectivity index (χ1v) is 12.7. The van der Waals surface area contributed by atoms with E-state index in [1.165, 1.54) is 10.4 Å². The van der Waals surface area contributed by atoms with Gasteiger partial charge in [0.1, 0.15) is 5.75 Å². The van der Waals surface area contributed by atoms with Gasteiger partial charge in [-0.2, -0.15) is 4.31 Å². The van der Waals surface area contributed by atoms with Crippen LogP contribution < -0.4 is 10.1 Å². The zero-order chi connectivity index (χ0) is 23.3. The monoisotopic (exact) mass is 458 g/mol. The van der Waals surface area contributed by atoms with Gasteiger partial charge in [-0.15, -0.1) is 0 Å². The minimum Gasteiger partial charge on any atom is -0.497 e. The average molecular weight is 459 g/mol. The molecule has 174 valence electrons. The largest absolute Gasteiger partial charge is 0.497 e. The third kappa shape index (κ3) is 5.70. The Kier molecular flexibility index (Phi) is 7.96. The summed E-state index contributed by atoms with van der Waals surface area (Å²) in [5.74, 6) is 0.865. The van der Waals surface area contributed by atoms with Gasteiger partial charge in [-0.05, 0) is 67.5 Å². The number of nitrogens with zero attached hydrogens (tertiary/aromatic N) is 1. The number of piperidine rings is 1. The van der Waals surface area contributed by atoms with Gasteiger partial charge in [0.05, 0.1) is 18.0 Å². The second kappa shape index (κ2) is 10.5. The third-order valence-corrected chi connectivity index (χ3v) is 7.83. The van der Waals surface area contributed by atoms with Crippen molar-refractivity contribution < 1.29 is 17.9 Å². The van der Waals surface area contributed by atoms with Gasteiger partial charge in [-0.25, -0.2) is 8.42 Å². The Balaban J connectivity index is 1.86. The molecule has 7 heteroatoms. The lowest BCUT2D eigenvalue weighted by Crippen LogP contribution is -2.36. The summed E-state index contributed by atoms with van der Waals surface area (Å²) in [4.78, 5) is 13.4. The van der Waals surface area contributed by atoms with Gasteiger partial charge < -0.3 is 10.1 Å². The van der Waals surface area contributed by atoms with E-state index in [-0.39, 0.29) is 16.8 Å². The Labute approximate surface area is 192 Å². The van der Waals surface area contributed by atoms with Crippen LogP contribution in [0.15, 0.2) is 47.4 Å². The van der Waals surface area contributed by atoms with Gasteiger partial charge in [0, 0.05) is 18.7 Å². The number of rotatable bonds is 8. The molecule has 6 nitrogen and oxygen atoms in total. The van der Waals surface area contributed by atoms with Crippen LogP contribution >= 0.6 is 0 Å². The van der Waals surface area contributed by atoms with Crippen molar-refractivity contribution in [1.29, 1.82) is 0 Å². The van der Waals surface area contributed by atoms with Crippen molar-refractivity contribution in [3.63, 3.8) is 0 Å². The smallest absolute Gasteiger partial charge is 0.252 e. The van der Waals surface area contributed by atoms with E-state index in [9.17, 15) is 13.2 Å². The standard InChI is InChI=1S/C25H34N2O4S/c1-18(2)16-24(20-9-11-21(31-4)12-10-20)26-25(28)23-17-22(13-8-19(23)3)32(29,30)27-14-6-5-7-15-27/h8-13,17-18,24H,5-7,14-16H2,1-4H3,(H,26,28). The summed E-state index contributed by atoms with van der Waals surface area (Å²) in [7, 11) is -1.98. The molecule has 0 aromatic heterocycles. The number of sulfonamides is 1. The molecule has 0 aliphatic carbocycles. The van der Waals surface area contributed by atoms with Crippen LogP contribution in [0.1, 0.15) is 67.1 Å². The summed E-state index contributed by atoms with van der Waals surface area (Å²) in [5, 5.41) is 3.13. The lowest BCUT2D eigenvalue weighted by atomic mass is 9.96. The predicted octanol–water partition coefficient (Wildman–Crippen LogP) is 4.70. The SMILES string of the molecule is COc1ccc(C(CC(C)C)NC(=O)c2cc(S(=O)(=O)N3CCCCC3)ccc2C)cc1. The van der Waals surface area contributed by atoms with Crippen LogP contribution in [0.2, 0.25) is 0 Å². The van der Waals surface area contributed by atoms with E-state index in [1.807, 2.05) is 31.2 Å². The second-order valence-electron chi connectivity index (χ2n) is 8.87. The van der Waals surface area contributed by atoms with Crippen LogP contribution in [-0.2, 0) is 10.0 Å². The molecule has 1 unspecified atom stereocenters. The zero-order valence-corrected chi connectivity index (χ0v) is 20.2. The van der Waals surface area contributed by atoms with Crippen molar-refractivity contribution in [3.8, 4) is 5.75 Å². The van der Waals surface area contributed by atoms with E-state index in [0.29, 0.717) is 24.6 Å². The highest BCUT2D eigenvalue weighted by atomic mass is 32.2. The number of hydrogen-bond donors (Lipinski definition) is 1. The first-order valence-electron chi connectivity index (χ1n) is 11.3. The molecule has 1 amide bonds. The molecule has 0 saturated carbocycles. The molecule has 2 aromatic rings. The maximum absolute atomic E-state index is 13.3. The normalized spacial score (nSPS) is 16.0. The minimum absolute atomic E-state index is 0.181. The zero-order valence-electron chi connectivity index (χ0n) is 19.4. The fourth-order valence-electron chi connectivity index (χ4n) is 4.08. The first kappa shape index (κ1) is 24.3. The number of hydrogen-bond acceptors (Lipinski definition) is 4. The van der Waals surface area contributed by atoms with Crippen molar-refractivity contribution in [1.82, 2.24) is 9.62 Å². The fraction of sp³-hybridized carbons (Fsp3) is 0.480. The summed E-state index contributed by atoms with van der Waals surface area (Å²) in [6, 6.07) is 12.3. The number of aryl methyl sites for hydroxylation is 1. The minimum atomic E-state index is -3.60. The first-order chi connectivity index (χ1) is 15.2. The van der Waals surface area contributed by atoms with Gasteiger partial charge in [0.2, 0.25) is 10.0 Å². The summed E-state index contributed by atoms with van der Waals surface area (Å²) in [6.45, 7) is 7.12. The summed E-state index contributed by atoms with van der Waals surface area (Å²) < 4.78 is 33.0. The number of benzene rings is 2. The molecule has 1 atom stereocenters. The van der Waals surface area contributed by atoms with Gasteiger partial charge in [0.15, 0.2) is 0 Å². The topological polar surface area (TPSA) is 75.7 Å². The molecule has 1 heterocycles. The van der Waals surface area contributed by atoms with Gasteiger partial charge >= 0.3 is 0 Å². The van der Waals surface area contributed by atoms with E-state index in [4.69, 9.17) is 4.74 Å². The Bertz CT molecular complexity index is 1030. The van der Waals surface area contributed by atoms with E-state index < -0.39 is 10.0 Å². The highest BCUT2D eigenvalue weighted by Crippen LogP contribution is 2.26. The van der Waals surface area contributed by atoms with Crippen molar-refractivity contribution in [2.45, 2.75) is 57.4 Å². The number of carbonyl (C=O) groups excluding carboxylic acids is 1. The quantitative estimate of drug-likeness (QED) is 0.622.